The number of aliphatic imine (C=N–C) groups is 2. The minimum atomic E-state index is -0.988. The molecular weight excluding hydrogens is 945 g/mol. The monoisotopic (exact) mass is 1010 g/mol. The molecule has 10 N–H and O–H groups in total. The van der Waals surface area contributed by atoms with E-state index in [1.807, 2.05) is 24.3 Å². The van der Waals surface area contributed by atoms with Crippen molar-refractivity contribution in [3.63, 3.8) is 0 Å². The van der Waals surface area contributed by atoms with Gasteiger partial charge in [-0.25, -0.2) is 24.4 Å². The van der Waals surface area contributed by atoms with Gasteiger partial charge in [-0.15, -0.1) is 0 Å². The van der Waals surface area contributed by atoms with E-state index in [1.54, 1.807) is 68.4 Å². The van der Waals surface area contributed by atoms with Crippen molar-refractivity contribution in [3.05, 3.63) is 84.2 Å². The number of piperazine rings is 3. The van der Waals surface area contributed by atoms with Crippen LogP contribution in [-0.4, -0.2) is 184 Å². The van der Waals surface area contributed by atoms with Gasteiger partial charge in [0, 0.05) is 96.6 Å². The Balaban J connectivity index is 0.000000344. The molecule has 1 aromatic heterocycles. The number of pyridine rings is 1. The topological polar surface area (TPSA) is 331 Å². The van der Waals surface area contributed by atoms with Crippen LogP contribution in [0.1, 0.15) is 56.1 Å². The maximum Gasteiger partial charge on any atom is 0.410 e. The third-order valence-electron chi connectivity index (χ3n) is 12.7. The van der Waals surface area contributed by atoms with Crippen molar-refractivity contribution in [2.24, 2.45) is 32.9 Å². The number of carbonyl (C=O) groups is 7. The maximum atomic E-state index is 13.0. The Morgan fingerprint density at radius 1 is 0.521 bits per heavy atom. The Morgan fingerprint density at radius 3 is 1.25 bits per heavy atom. The van der Waals surface area contributed by atoms with Crippen LogP contribution in [0.15, 0.2) is 83.0 Å². The molecule has 0 radical (unpaired) electrons. The zero-order chi connectivity index (χ0) is 52.3. The summed E-state index contributed by atoms with van der Waals surface area (Å²) in [4.78, 5) is 108. The Kier molecular flexibility index (Phi) is 19.9. The molecule has 4 heterocycles. The highest BCUT2D eigenvalue weighted by atomic mass is 16.6. The van der Waals surface area contributed by atoms with Crippen LogP contribution in [0.4, 0.5) is 31.4 Å². The fourth-order valence-corrected chi connectivity index (χ4v) is 8.67. The summed E-state index contributed by atoms with van der Waals surface area (Å²) in [6.45, 7) is 4.60. The number of rotatable bonds is 11. The number of carbonyl (C=O) groups excluding carboxylic acids is 6. The first-order valence-electron chi connectivity index (χ1n) is 24.4. The van der Waals surface area contributed by atoms with Gasteiger partial charge in [-0.05, 0) is 86.1 Å². The van der Waals surface area contributed by atoms with Gasteiger partial charge in [0.25, 0.3) is 0 Å². The fraction of sp³-hybridized carbons (Fsp3) is 0.469. The van der Waals surface area contributed by atoms with E-state index in [4.69, 9.17) is 37.5 Å². The van der Waals surface area contributed by atoms with Crippen LogP contribution in [0.25, 0.3) is 0 Å². The summed E-state index contributed by atoms with van der Waals surface area (Å²) in [7, 11) is 0. The smallest absolute Gasteiger partial charge is 0.410 e. The molecule has 3 aromatic rings. The molecule has 0 spiro atoms. The predicted octanol–water partition coefficient (Wildman–Crippen LogP) is 2.17. The number of anilines is 1. The van der Waals surface area contributed by atoms with Crippen molar-refractivity contribution in [1.29, 1.82) is 0 Å². The highest BCUT2D eigenvalue weighted by Gasteiger charge is 2.31. The highest BCUT2D eigenvalue weighted by molar-refractivity contribution is 6.03. The number of guanidine groups is 2. The number of aromatic nitrogens is 1. The van der Waals surface area contributed by atoms with Crippen LogP contribution in [-0.2, 0) is 41.5 Å². The van der Waals surface area contributed by atoms with Gasteiger partial charge in [-0.1, -0.05) is 24.3 Å². The summed E-state index contributed by atoms with van der Waals surface area (Å²) in [5.74, 6) is -0.754. The molecule has 0 bridgehead atoms. The van der Waals surface area contributed by atoms with E-state index in [2.05, 4.69) is 20.3 Å². The number of hydrogen-bond acceptors (Lipinski definition) is 12. The quantitative estimate of drug-likeness (QED) is 0.0911. The van der Waals surface area contributed by atoms with E-state index in [1.165, 1.54) is 9.80 Å². The zero-order valence-electron chi connectivity index (χ0n) is 40.9. The molecule has 4 aliphatic rings. The molecule has 2 aromatic carbocycles. The first-order valence-corrected chi connectivity index (χ1v) is 24.4. The summed E-state index contributed by atoms with van der Waals surface area (Å²) in [6, 6.07) is 17.6. The Hall–Kier alpha value is -8.18. The lowest BCUT2D eigenvalue weighted by Crippen LogP contribution is -2.51. The second kappa shape index (κ2) is 26.9. The van der Waals surface area contributed by atoms with Crippen molar-refractivity contribution in [2.45, 2.75) is 70.0 Å². The average molecular weight is 1010 g/mol. The molecule has 1 aliphatic carbocycles. The van der Waals surface area contributed by atoms with Gasteiger partial charge >= 0.3 is 18.3 Å². The fourth-order valence-electron chi connectivity index (χ4n) is 8.67. The molecule has 392 valence electrons. The molecular formula is C49H66N14O10. The zero-order valence-corrected chi connectivity index (χ0v) is 40.9. The summed E-state index contributed by atoms with van der Waals surface area (Å²) >= 11 is 0. The number of nitrogens with zero attached hydrogens (tertiary/aromatic N) is 9. The van der Waals surface area contributed by atoms with Crippen molar-refractivity contribution in [1.82, 2.24) is 34.4 Å². The van der Waals surface area contributed by atoms with Crippen LogP contribution in [0, 0.1) is 0 Å². The third kappa shape index (κ3) is 17.6. The van der Waals surface area contributed by atoms with E-state index in [0.717, 1.165) is 24.0 Å². The number of amides is 7. The average Bonchev–Trinajstić information content (AvgIpc) is 3.36. The van der Waals surface area contributed by atoms with Crippen LogP contribution < -0.4 is 28.3 Å². The van der Waals surface area contributed by atoms with Crippen LogP contribution in [0.2, 0.25) is 0 Å². The number of carboxylic acid groups (broad SMARTS) is 1. The largest absolute Gasteiger partial charge is 0.465 e. The molecule has 7 amide bonds. The summed E-state index contributed by atoms with van der Waals surface area (Å²) in [5.41, 5.74) is 25.2. The first kappa shape index (κ1) is 54.2. The number of nitrogens with two attached hydrogens (primary N) is 4. The molecule has 24 nitrogen and oxygen atoms in total. The normalized spacial score (nSPS) is 18.1. The molecule has 24 heteroatoms. The summed E-state index contributed by atoms with van der Waals surface area (Å²) in [5, 5.41) is 11.4. The Morgan fingerprint density at radius 2 is 0.877 bits per heavy atom. The van der Waals surface area contributed by atoms with E-state index in [0.29, 0.717) is 108 Å². The number of benzene rings is 2. The van der Waals surface area contributed by atoms with Crippen LogP contribution in [0.5, 0.6) is 0 Å². The minimum Gasteiger partial charge on any atom is -0.465 e. The molecule has 0 atom stereocenters. The summed E-state index contributed by atoms with van der Waals surface area (Å²) in [6.07, 6.45) is 5.54. The number of nitrogens with one attached hydrogen (secondary N) is 1. The number of ether oxygens (including phenoxy) is 2. The van der Waals surface area contributed by atoms with Crippen molar-refractivity contribution < 1.29 is 48.1 Å². The molecule has 3 aliphatic heterocycles. The summed E-state index contributed by atoms with van der Waals surface area (Å²) < 4.78 is 11.8. The van der Waals surface area contributed by atoms with Crippen molar-refractivity contribution >= 4 is 70.9 Å². The third-order valence-corrected chi connectivity index (χ3v) is 12.7. The van der Waals surface area contributed by atoms with E-state index in [9.17, 15) is 33.6 Å². The predicted molar refractivity (Wildman–Crippen MR) is 269 cm³/mol. The SMILES string of the molecule is NC(N)=Nc1ccc(CC(=O)N2CCN(C(=O)OC3CCCC(OC(=O)N4CCN(C(=O)Cc5ccc(N=C(N)N)cc5)CC4)CCC3)CC2)cc1.O=C(CC(=O)N1CCN(C(=O)O)CC1)Nc1ccncc1. The van der Waals surface area contributed by atoms with Crippen LogP contribution >= 0.6 is 0 Å². The second-order valence-electron chi connectivity index (χ2n) is 18.0. The molecule has 3 saturated heterocycles. The standard InChI is InChI=1S/C36H50N10O6.C13H16N4O4/c37-33(38)41-27-11-7-25(8-12-27)23-31(47)43-15-19-45(20-16-43)35(49)51-29-3-1-4-30(6-2-5-29)52-36(50)46-21-17-44(18-22-46)32(48)24-26-9-13-28(14-10-26)42-34(39)40;18-11(15-10-1-3-14-4-2-10)9-12(19)16-5-7-17(8-6-16)13(20)21/h7-14,29-30H,1-6,15-24H2,(H4,37,38,41)(H4,39,40,42);1-4H,5-9H2,(H,20,21)(H,14,15,18). The molecule has 73 heavy (non-hydrogen) atoms. The lowest BCUT2D eigenvalue weighted by Gasteiger charge is -2.36. The second-order valence-corrected chi connectivity index (χ2v) is 18.0. The van der Waals surface area contributed by atoms with Gasteiger partial charge in [-0.3, -0.25) is 24.2 Å². The molecule has 0 unspecified atom stereocenters. The Labute approximate surface area is 423 Å². The van der Waals surface area contributed by atoms with E-state index < -0.39 is 12.0 Å². The highest BCUT2D eigenvalue weighted by Crippen LogP contribution is 2.24. The van der Waals surface area contributed by atoms with Gasteiger partial charge in [0.1, 0.15) is 18.6 Å². The lowest BCUT2D eigenvalue weighted by atomic mass is 9.96. The van der Waals surface area contributed by atoms with Gasteiger partial charge in [0.05, 0.1) is 24.2 Å². The van der Waals surface area contributed by atoms with Gasteiger partial charge in [0.15, 0.2) is 11.9 Å². The van der Waals surface area contributed by atoms with E-state index >= 15 is 0 Å². The van der Waals surface area contributed by atoms with Gasteiger partial charge in [0.2, 0.25) is 23.6 Å². The van der Waals surface area contributed by atoms with Gasteiger partial charge in [-0.2, -0.15) is 0 Å². The minimum absolute atomic E-state index is 0.00418. The molecule has 4 fully saturated rings. The van der Waals surface area contributed by atoms with Crippen molar-refractivity contribution in [2.75, 3.05) is 83.9 Å². The van der Waals surface area contributed by atoms with Crippen LogP contribution in [0.3, 0.4) is 0 Å². The van der Waals surface area contributed by atoms with Crippen molar-refractivity contribution in [3.8, 4) is 0 Å². The first-order chi connectivity index (χ1) is 35.1. The maximum absolute atomic E-state index is 13.0. The molecule has 1 saturated carbocycles. The number of hydrogen-bond donors (Lipinski definition) is 6. The van der Waals surface area contributed by atoms with Gasteiger partial charge < -0.3 is 72.2 Å². The Bertz CT molecular complexity index is 2280. The molecule has 7 rings (SSSR count). The lowest BCUT2D eigenvalue weighted by molar-refractivity contribution is -0.136. The van der Waals surface area contributed by atoms with E-state index in [-0.39, 0.29) is 86.4 Å².